The molecule has 5 nitrogen and oxygen atoms in total. The van der Waals surface area contributed by atoms with Crippen LogP contribution in [0.15, 0.2) is 41.5 Å². The number of piperidine rings is 1. The molecule has 0 aliphatic carbocycles. The molecule has 3 rings (SSSR count). The Labute approximate surface area is 156 Å². The summed E-state index contributed by atoms with van der Waals surface area (Å²) in [5.74, 6) is 0.913. The van der Waals surface area contributed by atoms with Crippen molar-refractivity contribution < 1.29 is 0 Å². The van der Waals surface area contributed by atoms with Gasteiger partial charge in [0, 0.05) is 43.3 Å². The van der Waals surface area contributed by atoms with Crippen LogP contribution in [0.4, 0.5) is 0 Å². The molecule has 1 aliphatic rings. The van der Waals surface area contributed by atoms with Gasteiger partial charge in [0.05, 0.1) is 12.1 Å². The smallest absolute Gasteiger partial charge is 0.191 e. The number of likely N-dealkylation sites (tertiary alicyclic amines) is 1. The van der Waals surface area contributed by atoms with Crippen LogP contribution in [0.25, 0.3) is 10.9 Å². The van der Waals surface area contributed by atoms with Crippen molar-refractivity contribution in [1.29, 1.82) is 0 Å². The van der Waals surface area contributed by atoms with Crippen LogP contribution in [0.5, 0.6) is 0 Å². The first-order valence-electron chi connectivity index (χ1n) is 9.79. The van der Waals surface area contributed by atoms with Gasteiger partial charge >= 0.3 is 0 Å². The van der Waals surface area contributed by atoms with Gasteiger partial charge < -0.3 is 15.5 Å². The van der Waals surface area contributed by atoms with Gasteiger partial charge in [-0.15, -0.1) is 0 Å². The number of para-hydroxylation sites is 1. The average Bonchev–Trinajstić information content (AvgIpc) is 2.66. The van der Waals surface area contributed by atoms with Crippen molar-refractivity contribution in [2.24, 2.45) is 4.99 Å². The van der Waals surface area contributed by atoms with Gasteiger partial charge in [0.25, 0.3) is 0 Å². The Morgan fingerprint density at radius 2 is 2.00 bits per heavy atom. The molecule has 1 aromatic carbocycles. The van der Waals surface area contributed by atoms with Crippen LogP contribution in [-0.2, 0) is 6.54 Å². The number of guanidine groups is 1. The fourth-order valence-electron chi connectivity index (χ4n) is 3.53. The van der Waals surface area contributed by atoms with Crippen molar-refractivity contribution in [3.05, 3.63) is 42.1 Å². The minimum absolute atomic E-state index is 0.497. The second-order valence-electron chi connectivity index (χ2n) is 7.23. The molecule has 0 radical (unpaired) electrons. The lowest BCUT2D eigenvalue weighted by atomic mass is 10.0. The largest absolute Gasteiger partial charge is 0.357 e. The van der Waals surface area contributed by atoms with Gasteiger partial charge in [-0.2, -0.15) is 0 Å². The Morgan fingerprint density at radius 1 is 1.23 bits per heavy atom. The third kappa shape index (κ3) is 4.73. The van der Waals surface area contributed by atoms with Crippen LogP contribution in [0.3, 0.4) is 0 Å². The predicted molar refractivity (Wildman–Crippen MR) is 109 cm³/mol. The lowest BCUT2D eigenvalue weighted by molar-refractivity contribution is 0.167. The van der Waals surface area contributed by atoms with E-state index in [1.807, 2.05) is 12.3 Å². The summed E-state index contributed by atoms with van der Waals surface area (Å²) < 4.78 is 0. The highest BCUT2D eigenvalue weighted by molar-refractivity contribution is 5.83. The van der Waals surface area contributed by atoms with E-state index in [9.17, 15) is 0 Å². The van der Waals surface area contributed by atoms with E-state index < -0.39 is 0 Å². The molecule has 5 heteroatoms. The molecule has 0 bridgehead atoms. The van der Waals surface area contributed by atoms with Crippen molar-refractivity contribution >= 4 is 16.9 Å². The molecule has 140 valence electrons. The van der Waals surface area contributed by atoms with Gasteiger partial charge in [-0.25, -0.2) is 4.99 Å². The summed E-state index contributed by atoms with van der Waals surface area (Å²) >= 11 is 0. The van der Waals surface area contributed by atoms with Crippen LogP contribution < -0.4 is 10.6 Å². The highest BCUT2D eigenvalue weighted by Crippen LogP contribution is 2.17. The lowest BCUT2D eigenvalue weighted by Crippen LogP contribution is -2.49. The number of fused-ring (bicyclic) bond motifs is 1. The van der Waals surface area contributed by atoms with Crippen LogP contribution in [0.1, 0.15) is 39.2 Å². The molecule has 0 atom stereocenters. The zero-order valence-corrected chi connectivity index (χ0v) is 16.2. The molecule has 26 heavy (non-hydrogen) atoms. The molecule has 2 N–H and O–H groups in total. The monoisotopic (exact) mass is 353 g/mol. The summed E-state index contributed by atoms with van der Waals surface area (Å²) in [6.07, 6.45) is 4.21. The van der Waals surface area contributed by atoms with Crippen LogP contribution in [-0.4, -0.2) is 47.6 Å². The highest BCUT2D eigenvalue weighted by atomic mass is 15.2. The number of nitrogens with one attached hydrogen (secondary N) is 2. The minimum Gasteiger partial charge on any atom is -0.357 e. The van der Waals surface area contributed by atoms with Gasteiger partial charge in [-0.3, -0.25) is 4.98 Å². The van der Waals surface area contributed by atoms with Crippen molar-refractivity contribution in [3.63, 3.8) is 0 Å². The van der Waals surface area contributed by atoms with Gasteiger partial charge in [0.2, 0.25) is 0 Å². The van der Waals surface area contributed by atoms with Crippen molar-refractivity contribution in [2.75, 3.05) is 19.6 Å². The normalized spacial score (nSPS) is 17.0. The fraction of sp³-hybridized carbons (Fsp3) is 0.524. The summed E-state index contributed by atoms with van der Waals surface area (Å²) in [5.41, 5.74) is 2.24. The molecular formula is C21H31N5. The second-order valence-corrected chi connectivity index (χ2v) is 7.23. The molecular weight excluding hydrogens is 322 g/mol. The summed E-state index contributed by atoms with van der Waals surface area (Å²) in [5, 5.41) is 8.20. The Morgan fingerprint density at radius 3 is 2.73 bits per heavy atom. The molecule has 0 saturated carbocycles. The van der Waals surface area contributed by atoms with Gasteiger partial charge in [0.15, 0.2) is 5.96 Å². The fourth-order valence-corrected chi connectivity index (χ4v) is 3.53. The van der Waals surface area contributed by atoms with E-state index in [1.165, 1.54) is 23.8 Å². The van der Waals surface area contributed by atoms with Crippen molar-refractivity contribution in [1.82, 2.24) is 20.5 Å². The van der Waals surface area contributed by atoms with E-state index in [0.29, 0.717) is 18.6 Å². The van der Waals surface area contributed by atoms with E-state index in [1.54, 1.807) is 0 Å². The number of aromatic nitrogens is 1. The number of nitrogens with zero attached hydrogens (tertiary/aromatic N) is 3. The molecule has 2 aromatic rings. The maximum atomic E-state index is 4.84. The van der Waals surface area contributed by atoms with Gasteiger partial charge in [-0.05, 0) is 51.3 Å². The summed E-state index contributed by atoms with van der Waals surface area (Å²) in [4.78, 5) is 11.8. The maximum Gasteiger partial charge on any atom is 0.191 e. The zero-order chi connectivity index (χ0) is 18.4. The molecule has 1 aliphatic heterocycles. The number of aliphatic imine (C=N–C) groups is 1. The minimum atomic E-state index is 0.497. The van der Waals surface area contributed by atoms with E-state index in [2.05, 4.69) is 65.6 Å². The summed E-state index contributed by atoms with van der Waals surface area (Å²) in [7, 11) is 0. The Bertz CT molecular complexity index is 727. The quantitative estimate of drug-likeness (QED) is 0.640. The second kappa shape index (κ2) is 8.99. The highest BCUT2D eigenvalue weighted by Gasteiger charge is 2.21. The van der Waals surface area contributed by atoms with E-state index in [0.717, 1.165) is 31.1 Å². The predicted octanol–water partition coefficient (Wildman–Crippen LogP) is 3.16. The van der Waals surface area contributed by atoms with Crippen LogP contribution in [0.2, 0.25) is 0 Å². The number of benzene rings is 1. The number of hydrogen-bond acceptors (Lipinski definition) is 3. The molecule has 0 amide bonds. The van der Waals surface area contributed by atoms with Gasteiger partial charge in [0.1, 0.15) is 0 Å². The van der Waals surface area contributed by atoms with E-state index in [4.69, 9.17) is 4.99 Å². The van der Waals surface area contributed by atoms with Crippen LogP contribution in [0, 0.1) is 0 Å². The van der Waals surface area contributed by atoms with Gasteiger partial charge in [-0.1, -0.05) is 18.2 Å². The molecule has 2 heterocycles. The van der Waals surface area contributed by atoms with E-state index >= 15 is 0 Å². The molecule has 1 aromatic heterocycles. The number of hydrogen-bond donors (Lipinski definition) is 2. The molecule has 1 fully saturated rings. The average molecular weight is 354 g/mol. The third-order valence-electron chi connectivity index (χ3n) is 5.09. The Balaban J connectivity index is 1.66. The molecule has 0 spiro atoms. The lowest BCUT2D eigenvalue weighted by Gasteiger charge is -2.35. The first-order valence-corrected chi connectivity index (χ1v) is 9.79. The maximum absolute atomic E-state index is 4.84. The SMILES string of the molecule is CCNC(=NCc1ccnc2ccccc12)NC1CCN(C(C)C)CC1. The van der Waals surface area contributed by atoms with E-state index in [-0.39, 0.29) is 0 Å². The Kier molecular flexibility index (Phi) is 6.45. The third-order valence-corrected chi connectivity index (χ3v) is 5.09. The summed E-state index contributed by atoms with van der Waals surface area (Å²) in [6, 6.07) is 11.5. The number of rotatable bonds is 5. The first kappa shape index (κ1) is 18.6. The Hall–Kier alpha value is -2.14. The summed E-state index contributed by atoms with van der Waals surface area (Å²) in [6.45, 7) is 10.5. The topological polar surface area (TPSA) is 52.6 Å². The zero-order valence-electron chi connectivity index (χ0n) is 16.2. The molecule has 0 unspecified atom stereocenters. The van der Waals surface area contributed by atoms with Crippen molar-refractivity contribution in [3.8, 4) is 0 Å². The van der Waals surface area contributed by atoms with Crippen LogP contribution >= 0.6 is 0 Å². The van der Waals surface area contributed by atoms with Crippen molar-refractivity contribution in [2.45, 2.75) is 52.2 Å². The first-order chi connectivity index (χ1) is 12.7. The molecule has 1 saturated heterocycles. The standard InChI is InChI=1S/C21H31N5/c1-4-22-21(25-18-10-13-26(14-11-18)16(2)3)24-15-17-9-12-23-20-8-6-5-7-19(17)20/h5-9,12,16,18H,4,10-11,13-15H2,1-3H3,(H2,22,24,25). The number of pyridine rings is 1.